The number of oxime groups is 1. The zero-order valence-electron chi connectivity index (χ0n) is 12.6. The fraction of sp³-hybridized carbons (Fsp3) is 0.235. The van der Waals surface area contributed by atoms with Gasteiger partial charge < -0.3 is 9.47 Å². The highest BCUT2D eigenvalue weighted by molar-refractivity contribution is 5.99. The van der Waals surface area contributed by atoms with Crippen LogP contribution in [0, 0.1) is 17.2 Å². The van der Waals surface area contributed by atoms with E-state index in [2.05, 4.69) is 11.2 Å². The first kappa shape index (κ1) is 16.3. The molecule has 0 heterocycles. The lowest BCUT2D eigenvalue weighted by Crippen LogP contribution is -2.13. The van der Waals surface area contributed by atoms with E-state index in [9.17, 15) is 4.79 Å². The van der Waals surface area contributed by atoms with Crippen molar-refractivity contribution in [3.63, 3.8) is 0 Å². The van der Waals surface area contributed by atoms with E-state index in [4.69, 9.17) is 19.6 Å². The molecule has 0 saturated heterocycles. The summed E-state index contributed by atoms with van der Waals surface area (Å²) in [6.45, 7) is 0.0745. The van der Waals surface area contributed by atoms with E-state index in [-0.39, 0.29) is 18.9 Å². The van der Waals surface area contributed by atoms with Crippen LogP contribution in [0.4, 0.5) is 4.79 Å². The number of methoxy groups -OCH3 is 1. The van der Waals surface area contributed by atoms with Crippen LogP contribution in [0.15, 0.2) is 53.7 Å². The van der Waals surface area contributed by atoms with E-state index in [1.54, 1.807) is 43.5 Å². The summed E-state index contributed by atoms with van der Waals surface area (Å²) in [7, 11) is 1.58. The predicted molar refractivity (Wildman–Crippen MR) is 83.7 cm³/mol. The number of benzene rings is 1. The van der Waals surface area contributed by atoms with Gasteiger partial charge in [0, 0.05) is 12.3 Å². The summed E-state index contributed by atoms with van der Waals surface area (Å²) < 4.78 is 10.0. The molecule has 1 aliphatic rings. The van der Waals surface area contributed by atoms with Crippen LogP contribution < -0.4 is 4.74 Å². The maximum absolute atomic E-state index is 11.6. The van der Waals surface area contributed by atoms with Gasteiger partial charge in [-0.1, -0.05) is 35.5 Å². The summed E-state index contributed by atoms with van der Waals surface area (Å²) in [6, 6.07) is 9.19. The summed E-state index contributed by atoms with van der Waals surface area (Å²) in [5, 5.41) is 12.5. The molecule has 6 nitrogen and oxygen atoms in total. The van der Waals surface area contributed by atoms with Crippen LogP contribution in [-0.4, -0.2) is 19.0 Å². The minimum absolute atomic E-state index is 0.0745. The smallest absolute Gasteiger partial charge is 0.497 e. The van der Waals surface area contributed by atoms with Crippen molar-refractivity contribution >= 4 is 11.9 Å². The van der Waals surface area contributed by atoms with Gasteiger partial charge in [-0.05, 0) is 23.8 Å². The van der Waals surface area contributed by atoms with E-state index < -0.39 is 6.16 Å². The van der Waals surface area contributed by atoms with Gasteiger partial charge in [-0.15, -0.1) is 0 Å². The molecule has 2 rings (SSSR count). The van der Waals surface area contributed by atoms with E-state index in [1.807, 2.05) is 12.2 Å². The Morgan fingerprint density at radius 1 is 1.30 bits per heavy atom. The Bertz CT molecular complexity index is 669. The fourth-order valence-electron chi connectivity index (χ4n) is 1.92. The van der Waals surface area contributed by atoms with E-state index in [1.165, 1.54) is 0 Å². The van der Waals surface area contributed by atoms with E-state index in [0.717, 1.165) is 11.3 Å². The van der Waals surface area contributed by atoms with Crippen LogP contribution in [0.3, 0.4) is 0 Å². The lowest BCUT2D eigenvalue weighted by atomic mass is 9.96. The van der Waals surface area contributed by atoms with Crippen LogP contribution in [0.5, 0.6) is 5.75 Å². The molecule has 0 aromatic heterocycles. The molecular weight excluding hydrogens is 296 g/mol. The molecule has 1 aromatic rings. The first-order chi connectivity index (χ1) is 11.2. The summed E-state index contributed by atoms with van der Waals surface area (Å²) >= 11 is 0. The number of carbonyl (C=O) groups excluding carboxylic acids is 1. The average Bonchev–Trinajstić information content (AvgIpc) is 2.60. The van der Waals surface area contributed by atoms with Crippen molar-refractivity contribution in [3.8, 4) is 11.8 Å². The Morgan fingerprint density at radius 3 is 2.78 bits per heavy atom. The topological polar surface area (TPSA) is 80.9 Å². The lowest BCUT2D eigenvalue weighted by Gasteiger charge is -2.11. The largest absolute Gasteiger partial charge is 0.535 e. The number of rotatable bonds is 5. The summed E-state index contributed by atoms with van der Waals surface area (Å²) in [5.41, 5.74) is 1.31. The monoisotopic (exact) mass is 312 g/mol. The van der Waals surface area contributed by atoms with Gasteiger partial charge >= 0.3 is 6.16 Å². The van der Waals surface area contributed by atoms with E-state index >= 15 is 0 Å². The minimum atomic E-state index is -0.896. The van der Waals surface area contributed by atoms with Gasteiger partial charge in [0.25, 0.3) is 0 Å². The van der Waals surface area contributed by atoms with Gasteiger partial charge in [0.2, 0.25) is 0 Å². The number of carbonyl (C=O) groups is 1. The number of hydrogen-bond acceptors (Lipinski definition) is 6. The molecule has 1 unspecified atom stereocenters. The van der Waals surface area contributed by atoms with Crippen LogP contribution in [0.2, 0.25) is 0 Å². The van der Waals surface area contributed by atoms with Gasteiger partial charge in [-0.3, -0.25) is 4.84 Å². The zero-order valence-corrected chi connectivity index (χ0v) is 12.6. The van der Waals surface area contributed by atoms with Crippen molar-refractivity contribution in [2.75, 3.05) is 7.11 Å². The summed E-state index contributed by atoms with van der Waals surface area (Å²) in [6.07, 6.45) is 6.48. The SMILES string of the molecule is COc1ccc(COC(=O)ON=C2C=CC=CC2CC#N)cc1. The molecule has 6 heteroatoms. The zero-order chi connectivity index (χ0) is 16.5. The lowest BCUT2D eigenvalue weighted by molar-refractivity contribution is 0.0517. The van der Waals surface area contributed by atoms with Crippen LogP contribution in [-0.2, 0) is 16.2 Å². The quantitative estimate of drug-likeness (QED) is 0.473. The first-order valence-electron chi connectivity index (χ1n) is 6.99. The van der Waals surface area contributed by atoms with Crippen LogP contribution in [0.1, 0.15) is 12.0 Å². The van der Waals surface area contributed by atoms with Crippen molar-refractivity contribution in [1.82, 2.24) is 0 Å². The Balaban J connectivity index is 1.84. The Morgan fingerprint density at radius 2 is 2.09 bits per heavy atom. The van der Waals surface area contributed by atoms with Crippen molar-refractivity contribution in [2.45, 2.75) is 13.0 Å². The molecule has 23 heavy (non-hydrogen) atoms. The number of hydrogen-bond donors (Lipinski definition) is 0. The molecule has 1 atom stereocenters. The van der Waals surface area contributed by atoms with Gasteiger partial charge in [-0.25, -0.2) is 4.79 Å². The van der Waals surface area contributed by atoms with Gasteiger partial charge in [0.1, 0.15) is 12.4 Å². The normalized spacial score (nSPS) is 17.6. The minimum Gasteiger partial charge on any atom is -0.497 e. The molecule has 0 aliphatic heterocycles. The molecular formula is C17H16N2O4. The number of ether oxygens (including phenoxy) is 2. The highest BCUT2D eigenvalue weighted by atomic mass is 16.8. The fourth-order valence-corrected chi connectivity index (χ4v) is 1.92. The second kappa shape index (κ2) is 8.39. The maximum atomic E-state index is 11.6. The van der Waals surface area contributed by atoms with Crippen molar-refractivity contribution < 1.29 is 19.1 Å². The third-order valence-electron chi connectivity index (χ3n) is 3.15. The second-order valence-corrected chi connectivity index (χ2v) is 4.71. The Labute approximate surface area is 134 Å². The summed E-state index contributed by atoms with van der Waals surface area (Å²) in [5.74, 6) is 0.544. The second-order valence-electron chi connectivity index (χ2n) is 4.71. The highest BCUT2D eigenvalue weighted by Gasteiger charge is 2.14. The highest BCUT2D eigenvalue weighted by Crippen LogP contribution is 2.14. The van der Waals surface area contributed by atoms with Crippen molar-refractivity contribution in [3.05, 3.63) is 54.1 Å². The van der Waals surface area contributed by atoms with Gasteiger partial charge in [-0.2, -0.15) is 5.26 Å². The predicted octanol–water partition coefficient (Wildman–Crippen LogP) is 3.36. The average molecular weight is 312 g/mol. The molecule has 1 aromatic carbocycles. The standard InChI is InChI=1S/C17H16N2O4/c1-21-15-8-6-13(7-9-15)12-22-17(20)23-19-16-5-3-2-4-14(16)10-11-18/h2-9,14H,10,12H2,1H3. The molecule has 0 spiro atoms. The van der Waals surface area contributed by atoms with Crippen LogP contribution >= 0.6 is 0 Å². The molecule has 1 aliphatic carbocycles. The van der Waals surface area contributed by atoms with Gasteiger partial charge in [0.05, 0.1) is 18.9 Å². The van der Waals surface area contributed by atoms with Crippen molar-refractivity contribution in [2.24, 2.45) is 11.1 Å². The number of nitrogens with zero attached hydrogens (tertiary/aromatic N) is 2. The molecule has 0 bridgehead atoms. The van der Waals surface area contributed by atoms with Crippen LogP contribution in [0.25, 0.3) is 0 Å². The van der Waals surface area contributed by atoms with E-state index in [0.29, 0.717) is 5.71 Å². The third kappa shape index (κ3) is 5.00. The maximum Gasteiger partial charge on any atom is 0.535 e. The number of allylic oxidation sites excluding steroid dienone is 4. The first-order valence-corrected chi connectivity index (χ1v) is 6.99. The Kier molecular flexibility index (Phi) is 5.95. The molecule has 0 N–H and O–H groups in total. The number of nitriles is 1. The molecule has 0 amide bonds. The molecule has 0 fully saturated rings. The molecule has 0 radical (unpaired) electrons. The Hall–Kier alpha value is -3.07. The molecule has 0 saturated carbocycles. The summed E-state index contributed by atoms with van der Waals surface area (Å²) in [4.78, 5) is 16.3. The molecule has 118 valence electrons. The van der Waals surface area contributed by atoms with Crippen molar-refractivity contribution in [1.29, 1.82) is 5.26 Å². The third-order valence-corrected chi connectivity index (χ3v) is 3.15. The van der Waals surface area contributed by atoms with Gasteiger partial charge in [0.15, 0.2) is 0 Å².